The molecule has 2 aromatic heterocycles. The minimum Gasteiger partial charge on any atom is -0.269 e. The van der Waals surface area contributed by atoms with Crippen LogP contribution in [-0.4, -0.2) is 9.38 Å². The van der Waals surface area contributed by atoms with Crippen molar-refractivity contribution >= 4 is 16.4 Å². The number of benzene rings is 2. The van der Waals surface area contributed by atoms with Gasteiger partial charge in [0.15, 0.2) is 0 Å². The second-order valence-electron chi connectivity index (χ2n) is 5.24. The fourth-order valence-electron chi connectivity index (χ4n) is 2.88. The minimum absolute atomic E-state index is 0.000684. The summed E-state index contributed by atoms with van der Waals surface area (Å²) in [7, 11) is 0. The number of nitrogens with zero attached hydrogens (tertiary/aromatic N) is 2. The van der Waals surface area contributed by atoms with E-state index in [4.69, 9.17) is 0 Å². The second kappa shape index (κ2) is 4.70. The molecule has 0 unspecified atom stereocenters. The van der Waals surface area contributed by atoms with Gasteiger partial charge in [0.1, 0.15) is 5.82 Å². The van der Waals surface area contributed by atoms with Gasteiger partial charge >= 0.3 is 0 Å². The zero-order valence-corrected chi connectivity index (χ0v) is 11.5. The molecule has 0 atom stereocenters. The van der Waals surface area contributed by atoms with Crippen LogP contribution in [0.4, 0.5) is 0 Å². The van der Waals surface area contributed by atoms with E-state index in [0.717, 1.165) is 35.1 Å². The normalized spacial score (nSPS) is 11.4. The molecule has 21 heavy (non-hydrogen) atoms. The van der Waals surface area contributed by atoms with Crippen molar-refractivity contribution in [2.24, 2.45) is 0 Å². The maximum Gasteiger partial charge on any atom is 0.256 e. The Labute approximate surface area is 121 Å². The molecule has 0 bridgehead atoms. The number of rotatable bonds is 3. The zero-order valence-electron chi connectivity index (χ0n) is 11.5. The first-order valence-corrected chi connectivity index (χ1v) is 7.09. The Balaban J connectivity index is 1.82. The van der Waals surface area contributed by atoms with Gasteiger partial charge in [-0.1, -0.05) is 42.5 Å². The second-order valence-corrected chi connectivity index (χ2v) is 5.24. The molecule has 3 nitrogen and oxygen atoms in total. The van der Waals surface area contributed by atoms with E-state index < -0.39 is 0 Å². The van der Waals surface area contributed by atoms with Crippen molar-refractivity contribution in [3.8, 4) is 0 Å². The van der Waals surface area contributed by atoms with Crippen molar-refractivity contribution in [2.75, 3.05) is 0 Å². The van der Waals surface area contributed by atoms with Crippen molar-refractivity contribution in [1.29, 1.82) is 0 Å². The van der Waals surface area contributed by atoms with E-state index in [1.165, 1.54) is 5.56 Å². The molecule has 4 aromatic rings. The number of aromatic nitrogens is 2. The number of imidazole rings is 1. The molecule has 0 saturated carbocycles. The first-order chi connectivity index (χ1) is 10.3. The third-order valence-electron chi connectivity index (χ3n) is 3.88. The smallest absolute Gasteiger partial charge is 0.256 e. The van der Waals surface area contributed by atoms with Gasteiger partial charge in [-0.05, 0) is 24.1 Å². The molecule has 4 rings (SSSR count). The quantitative estimate of drug-likeness (QED) is 0.575. The monoisotopic (exact) mass is 274 g/mol. The summed E-state index contributed by atoms with van der Waals surface area (Å²) in [5.41, 5.74) is 3.09. The van der Waals surface area contributed by atoms with E-state index in [-0.39, 0.29) is 5.56 Å². The highest BCUT2D eigenvalue weighted by Gasteiger charge is 2.12. The van der Waals surface area contributed by atoms with Crippen LogP contribution < -0.4 is 5.56 Å². The van der Waals surface area contributed by atoms with Crippen LogP contribution in [0.15, 0.2) is 65.5 Å². The van der Waals surface area contributed by atoms with Crippen LogP contribution in [0.25, 0.3) is 16.4 Å². The van der Waals surface area contributed by atoms with E-state index in [0.29, 0.717) is 0 Å². The molecule has 0 aliphatic carbocycles. The molecule has 0 spiro atoms. The Morgan fingerprint density at radius 2 is 1.71 bits per heavy atom. The molecule has 0 aliphatic heterocycles. The molecule has 0 saturated heterocycles. The van der Waals surface area contributed by atoms with E-state index >= 15 is 0 Å². The third kappa shape index (κ3) is 1.98. The number of hydrogen-bond acceptors (Lipinski definition) is 2. The fourth-order valence-corrected chi connectivity index (χ4v) is 2.88. The van der Waals surface area contributed by atoms with E-state index in [2.05, 4.69) is 17.1 Å². The summed E-state index contributed by atoms with van der Waals surface area (Å²) in [6.45, 7) is 0. The Bertz CT molecular complexity index is 957. The highest BCUT2D eigenvalue weighted by atomic mass is 16.1. The highest BCUT2D eigenvalue weighted by Crippen LogP contribution is 2.20. The van der Waals surface area contributed by atoms with Gasteiger partial charge in [0.25, 0.3) is 5.56 Å². The van der Waals surface area contributed by atoms with Gasteiger partial charge < -0.3 is 0 Å². The summed E-state index contributed by atoms with van der Waals surface area (Å²) in [5.74, 6) is 0.843. The van der Waals surface area contributed by atoms with Gasteiger partial charge in [-0.15, -0.1) is 0 Å². The van der Waals surface area contributed by atoms with E-state index in [1.54, 1.807) is 10.5 Å². The Morgan fingerprint density at radius 1 is 0.857 bits per heavy atom. The summed E-state index contributed by atoms with van der Waals surface area (Å²) in [6, 6.07) is 19.7. The molecule has 0 amide bonds. The Morgan fingerprint density at radius 3 is 2.57 bits per heavy atom. The largest absolute Gasteiger partial charge is 0.269 e. The zero-order chi connectivity index (χ0) is 14.2. The summed E-state index contributed by atoms with van der Waals surface area (Å²) in [5, 5.41) is 1.06. The van der Waals surface area contributed by atoms with Crippen LogP contribution in [0.5, 0.6) is 0 Å². The molecular weight excluding hydrogens is 260 g/mol. The van der Waals surface area contributed by atoms with E-state index in [9.17, 15) is 4.79 Å². The van der Waals surface area contributed by atoms with Crippen molar-refractivity contribution in [1.82, 2.24) is 9.38 Å². The topological polar surface area (TPSA) is 34.4 Å². The van der Waals surface area contributed by atoms with Crippen LogP contribution in [-0.2, 0) is 12.8 Å². The van der Waals surface area contributed by atoms with Gasteiger partial charge in [0.05, 0.1) is 11.0 Å². The lowest BCUT2D eigenvalue weighted by Gasteiger charge is -2.02. The Hall–Kier alpha value is -2.68. The predicted molar refractivity (Wildman–Crippen MR) is 84.0 cm³/mol. The molecule has 102 valence electrons. The van der Waals surface area contributed by atoms with Gasteiger partial charge in [0, 0.05) is 17.9 Å². The minimum atomic E-state index is -0.000684. The molecule has 2 aromatic carbocycles. The standard InChI is InChI=1S/C18H14N2O/c21-17-12-10-14-7-4-8-15-18(14)20(17)16(19-15)11-9-13-5-2-1-3-6-13/h1-8,10,12H,9,11H2. The van der Waals surface area contributed by atoms with Crippen LogP contribution in [0.3, 0.4) is 0 Å². The van der Waals surface area contributed by atoms with Crippen molar-refractivity contribution in [3.63, 3.8) is 0 Å². The lowest BCUT2D eigenvalue weighted by atomic mass is 10.1. The maximum atomic E-state index is 12.2. The van der Waals surface area contributed by atoms with Crippen LogP contribution in [0.2, 0.25) is 0 Å². The number of para-hydroxylation sites is 1. The molecule has 0 aliphatic rings. The first-order valence-electron chi connectivity index (χ1n) is 7.09. The predicted octanol–water partition coefficient (Wildman–Crippen LogP) is 3.07. The summed E-state index contributed by atoms with van der Waals surface area (Å²) in [4.78, 5) is 16.9. The number of aryl methyl sites for hydroxylation is 2. The number of hydrogen-bond donors (Lipinski definition) is 0. The van der Waals surface area contributed by atoms with Gasteiger partial charge in [-0.3, -0.25) is 9.20 Å². The average molecular weight is 274 g/mol. The average Bonchev–Trinajstić information content (AvgIpc) is 2.90. The summed E-state index contributed by atoms with van der Waals surface area (Å²) >= 11 is 0. The first kappa shape index (κ1) is 12.1. The lowest BCUT2D eigenvalue weighted by molar-refractivity contribution is 0.845. The molecular formula is C18H14N2O. The fraction of sp³-hybridized carbons (Fsp3) is 0.111. The van der Waals surface area contributed by atoms with Gasteiger partial charge in [-0.2, -0.15) is 0 Å². The van der Waals surface area contributed by atoms with Crippen LogP contribution in [0, 0.1) is 0 Å². The molecule has 2 heterocycles. The Kier molecular flexibility index (Phi) is 2.71. The van der Waals surface area contributed by atoms with E-state index in [1.807, 2.05) is 42.5 Å². The molecule has 3 heteroatoms. The van der Waals surface area contributed by atoms with Crippen molar-refractivity contribution in [3.05, 3.63) is 82.4 Å². The van der Waals surface area contributed by atoms with Gasteiger partial charge in [0.2, 0.25) is 0 Å². The van der Waals surface area contributed by atoms with Gasteiger partial charge in [-0.25, -0.2) is 4.98 Å². The van der Waals surface area contributed by atoms with Crippen molar-refractivity contribution < 1.29 is 0 Å². The highest BCUT2D eigenvalue weighted by molar-refractivity contribution is 5.93. The molecule has 0 radical (unpaired) electrons. The SMILES string of the molecule is O=c1ccc2cccc3nc(CCc4ccccc4)n1c23. The maximum absolute atomic E-state index is 12.2. The summed E-state index contributed by atoms with van der Waals surface area (Å²) < 4.78 is 1.76. The third-order valence-corrected chi connectivity index (χ3v) is 3.88. The van der Waals surface area contributed by atoms with Crippen molar-refractivity contribution in [2.45, 2.75) is 12.8 Å². The summed E-state index contributed by atoms with van der Waals surface area (Å²) in [6.07, 6.45) is 1.65. The number of pyridine rings is 1. The lowest BCUT2D eigenvalue weighted by Crippen LogP contribution is -2.14. The molecule has 0 N–H and O–H groups in total. The van der Waals surface area contributed by atoms with Crippen LogP contribution >= 0.6 is 0 Å². The van der Waals surface area contributed by atoms with Crippen LogP contribution in [0.1, 0.15) is 11.4 Å². The molecule has 0 fully saturated rings.